The number of rotatable bonds is 6. The topological polar surface area (TPSA) is 71.5 Å². The lowest BCUT2D eigenvalue weighted by Crippen LogP contribution is -2.45. The van der Waals surface area contributed by atoms with Crippen LogP contribution >= 0.6 is 0 Å². The first-order chi connectivity index (χ1) is 11.7. The third kappa shape index (κ3) is 4.24. The molecule has 130 valence electrons. The predicted molar refractivity (Wildman–Crippen MR) is 89.8 cm³/mol. The minimum absolute atomic E-state index is 0.0646. The highest BCUT2D eigenvalue weighted by Crippen LogP contribution is 2.28. The highest BCUT2D eigenvalue weighted by atomic mass is 16.5. The summed E-state index contributed by atoms with van der Waals surface area (Å²) in [5, 5.41) is 3.03. The summed E-state index contributed by atoms with van der Waals surface area (Å²) >= 11 is 0. The number of likely N-dealkylation sites (tertiary alicyclic amines) is 1. The van der Waals surface area contributed by atoms with Gasteiger partial charge in [0.1, 0.15) is 0 Å². The van der Waals surface area contributed by atoms with Gasteiger partial charge in [0.05, 0.1) is 18.1 Å². The highest BCUT2D eigenvalue weighted by molar-refractivity contribution is 5.94. The summed E-state index contributed by atoms with van der Waals surface area (Å²) in [6, 6.07) is 3.44. The molecule has 0 bridgehead atoms. The smallest absolute Gasteiger partial charge is 0.255 e. The minimum Gasteiger partial charge on any atom is -0.478 e. The number of hydrogen-bond acceptors (Lipinski definition) is 4. The van der Waals surface area contributed by atoms with Crippen LogP contribution in [-0.4, -0.2) is 47.9 Å². The molecule has 0 spiro atoms. The lowest BCUT2D eigenvalue weighted by molar-refractivity contribution is -0.126. The van der Waals surface area contributed by atoms with Crippen LogP contribution in [0.4, 0.5) is 0 Å². The predicted octanol–water partition coefficient (Wildman–Crippen LogP) is 1.86. The summed E-state index contributed by atoms with van der Waals surface area (Å²) < 4.78 is 5.30. The Bertz CT molecular complexity index is 584. The van der Waals surface area contributed by atoms with Crippen LogP contribution in [0.1, 0.15) is 43.0 Å². The minimum atomic E-state index is -0.0999. The number of carbonyl (C=O) groups is 2. The number of nitrogens with zero attached hydrogens (tertiary/aromatic N) is 2. The van der Waals surface area contributed by atoms with Crippen LogP contribution in [0.5, 0.6) is 5.88 Å². The lowest BCUT2D eigenvalue weighted by Gasteiger charge is -2.32. The van der Waals surface area contributed by atoms with Crippen LogP contribution < -0.4 is 10.1 Å². The van der Waals surface area contributed by atoms with E-state index >= 15 is 0 Å². The van der Waals surface area contributed by atoms with Crippen molar-refractivity contribution in [2.24, 2.45) is 11.8 Å². The number of nitrogens with one attached hydrogen (secondary N) is 1. The monoisotopic (exact) mass is 331 g/mol. The van der Waals surface area contributed by atoms with Gasteiger partial charge in [-0.15, -0.1) is 0 Å². The van der Waals surface area contributed by atoms with Gasteiger partial charge in [0.2, 0.25) is 11.8 Å². The van der Waals surface area contributed by atoms with Crippen molar-refractivity contribution >= 4 is 11.8 Å². The Hall–Kier alpha value is -2.11. The average molecular weight is 331 g/mol. The standard InChI is InChI=1S/C18H25N3O3/c1-2-24-16-8-7-14(11-19-16)18(23)21-9-3-4-15(12-21)17(22)20-10-13-5-6-13/h7-8,11,13,15H,2-6,9-10,12H2,1H3,(H,20,22). The molecule has 1 N–H and O–H groups in total. The van der Waals surface area contributed by atoms with Crippen molar-refractivity contribution in [3.63, 3.8) is 0 Å². The van der Waals surface area contributed by atoms with Gasteiger partial charge in [0, 0.05) is 31.9 Å². The highest BCUT2D eigenvalue weighted by Gasteiger charge is 2.30. The van der Waals surface area contributed by atoms with Crippen molar-refractivity contribution in [3.8, 4) is 5.88 Å². The van der Waals surface area contributed by atoms with Gasteiger partial charge in [-0.1, -0.05) is 0 Å². The van der Waals surface area contributed by atoms with Crippen molar-refractivity contribution in [1.29, 1.82) is 0 Å². The maximum absolute atomic E-state index is 12.6. The van der Waals surface area contributed by atoms with E-state index in [0.717, 1.165) is 19.4 Å². The van der Waals surface area contributed by atoms with Crippen LogP contribution in [0.2, 0.25) is 0 Å². The number of carbonyl (C=O) groups excluding carboxylic acids is 2. The molecule has 1 atom stereocenters. The second-order valence-electron chi connectivity index (χ2n) is 6.60. The van der Waals surface area contributed by atoms with E-state index in [1.165, 1.54) is 12.8 Å². The van der Waals surface area contributed by atoms with E-state index in [-0.39, 0.29) is 17.7 Å². The molecular weight excluding hydrogens is 306 g/mol. The first-order valence-corrected chi connectivity index (χ1v) is 8.83. The fourth-order valence-electron chi connectivity index (χ4n) is 3.01. The summed E-state index contributed by atoms with van der Waals surface area (Å²) in [5.74, 6) is 1.11. The summed E-state index contributed by atoms with van der Waals surface area (Å²) in [5.41, 5.74) is 0.539. The Labute approximate surface area is 142 Å². The molecule has 1 aromatic rings. The zero-order valence-electron chi connectivity index (χ0n) is 14.2. The number of amides is 2. The Kier molecular flexibility index (Phi) is 5.33. The van der Waals surface area contributed by atoms with Crippen LogP contribution in [-0.2, 0) is 4.79 Å². The Balaban J connectivity index is 1.56. The van der Waals surface area contributed by atoms with Crippen molar-refractivity contribution in [2.75, 3.05) is 26.2 Å². The zero-order valence-corrected chi connectivity index (χ0v) is 14.2. The molecule has 0 radical (unpaired) electrons. The van der Waals surface area contributed by atoms with Gasteiger partial charge in [0.25, 0.3) is 5.91 Å². The van der Waals surface area contributed by atoms with Crippen LogP contribution in [0.25, 0.3) is 0 Å². The maximum Gasteiger partial charge on any atom is 0.255 e. The molecule has 24 heavy (non-hydrogen) atoms. The molecule has 1 saturated carbocycles. The molecule has 2 fully saturated rings. The fourth-order valence-corrected chi connectivity index (χ4v) is 3.01. The van der Waals surface area contributed by atoms with E-state index in [4.69, 9.17) is 4.74 Å². The first-order valence-electron chi connectivity index (χ1n) is 8.83. The van der Waals surface area contributed by atoms with Crippen LogP contribution in [0.15, 0.2) is 18.3 Å². The molecule has 2 heterocycles. The van der Waals surface area contributed by atoms with Crippen LogP contribution in [0, 0.1) is 11.8 Å². The molecule has 3 rings (SSSR count). The normalized spacial score (nSPS) is 20.5. The second kappa shape index (κ2) is 7.64. The lowest BCUT2D eigenvalue weighted by atomic mass is 9.96. The third-order valence-electron chi connectivity index (χ3n) is 4.62. The number of aromatic nitrogens is 1. The number of pyridine rings is 1. The van der Waals surface area contributed by atoms with Gasteiger partial charge in [-0.2, -0.15) is 0 Å². The molecule has 1 unspecified atom stereocenters. The summed E-state index contributed by atoms with van der Waals surface area (Å²) in [7, 11) is 0. The van der Waals surface area contributed by atoms with Crippen molar-refractivity contribution in [2.45, 2.75) is 32.6 Å². The molecule has 1 saturated heterocycles. The largest absolute Gasteiger partial charge is 0.478 e. The number of hydrogen-bond donors (Lipinski definition) is 1. The second-order valence-corrected chi connectivity index (χ2v) is 6.60. The van der Waals surface area contributed by atoms with Gasteiger partial charge < -0.3 is 15.0 Å². The molecule has 2 aliphatic rings. The Morgan fingerprint density at radius 3 is 2.83 bits per heavy atom. The van der Waals surface area contributed by atoms with E-state index in [9.17, 15) is 9.59 Å². The first kappa shape index (κ1) is 16.7. The fraction of sp³-hybridized carbons (Fsp3) is 0.611. The van der Waals surface area contributed by atoms with Crippen molar-refractivity contribution in [3.05, 3.63) is 23.9 Å². The molecule has 0 aromatic carbocycles. The molecule has 1 aliphatic carbocycles. The molecule has 1 aromatic heterocycles. The summed E-state index contributed by atoms with van der Waals surface area (Å²) in [6.45, 7) is 4.40. The Morgan fingerprint density at radius 1 is 1.33 bits per heavy atom. The van der Waals surface area contributed by atoms with E-state index in [1.54, 1.807) is 23.2 Å². The maximum atomic E-state index is 12.6. The zero-order chi connectivity index (χ0) is 16.9. The van der Waals surface area contributed by atoms with Gasteiger partial charge in [0.15, 0.2) is 0 Å². The van der Waals surface area contributed by atoms with E-state index in [2.05, 4.69) is 10.3 Å². The quantitative estimate of drug-likeness (QED) is 0.864. The summed E-state index contributed by atoms with van der Waals surface area (Å²) in [6.07, 6.45) is 5.70. The molecule has 6 heteroatoms. The van der Waals surface area contributed by atoms with Crippen molar-refractivity contribution in [1.82, 2.24) is 15.2 Å². The van der Waals surface area contributed by atoms with Gasteiger partial charge in [-0.25, -0.2) is 4.98 Å². The van der Waals surface area contributed by atoms with Gasteiger partial charge in [-0.05, 0) is 44.6 Å². The van der Waals surface area contributed by atoms with E-state index < -0.39 is 0 Å². The SMILES string of the molecule is CCOc1ccc(C(=O)N2CCCC(C(=O)NCC3CC3)C2)cn1. The Morgan fingerprint density at radius 2 is 2.17 bits per heavy atom. The van der Waals surface area contributed by atoms with Crippen LogP contribution in [0.3, 0.4) is 0 Å². The summed E-state index contributed by atoms with van der Waals surface area (Å²) in [4.78, 5) is 30.8. The molecule has 6 nitrogen and oxygen atoms in total. The third-order valence-corrected chi connectivity index (χ3v) is 4.62. The molecule has 1 aliphatic heterocycles. The van der Waals surface area contributed by atoms with Gasteiger partial charge in [-0.3, -0.25) is 9.59 Å². The van der Waals surface area contributed by atoms with E-state index in [1.807, 2.05) is 6.92 Å². The van der Waals surface area contributed by atoms with E-state index in [0.29, 0.717) is 37.1 Å². The number of ether oxygens (including phenoxy) is 1. The van der Waals surface area contributed by atoms with Crippen molar-refractivity contribution < 1.29 is 14.3 Å². The number of piperidine rings is 1. The average Bonchev–Trinajstić information content (AvgIpc) is 3.44. The molecule has 2 amide bonds. The van der Waals surface area contributed by atoms with Gasteiger partial charge >= 0.3 is 0 Å². The molecular formula is C18H25N3O3.